The summed E-state index contributed by atoms with van der Waals surface area (Å²) in [7, 11) is 0. The van der Waals surface area contributed by atoms with Gasteiger partial charge in [-0.3, -0.25) is 0 Å². The second kappa shape index (κ2) is 7.05. The highest BCUT2D eigenvalue weighted by atomic mass is 127. The minimum atomic E-state index is 1.29. The first-order valence-corrected chi connectivity index (χ1v) is 10.00. The number of thiophene rings is 3. The fourth-order valence-corrected chi connectivity index (χ4v) is 5.01. The first-order chi connectivity index (χ1) is 10.2. The van der Waals surface area contributed by atoms with Gasteiger partial charge in [-0.25, -0.2) is 0 Å². The van der Waals surface area contributed by atoms with Gasteiger partial charge in [0.1, 0.15) is 0 Å². The molecule has 21 heavy (non-hydrogen) atoms. The summed E-state index contributed by atoms with van der Waals surface area (Å²) >= 11 is 7.82. The summed E-state index contributed by atoms with van der Waals surface area (Å²) in [6.45, 7) is 2.14. The SMILES string of the molecule is Cc1ccc(/C=C/c2ccc(/C=C/c3ccc(I)s3)s2)s1. The van der Waals surface area contributed by atoms with Crippen LogP contribution >= 0.6 is 56.6 Å². The molecule has 0 aliphatic rings. The molecule has 0 saturated heterocycles. The van der Waals surface area contributed by atoms with Crippen molar-refractivity contribution in [3.05, 3.63) is 63.7 Å². The van der Waals surface area contributed by atoms with Crippen molar-refractivity contribution >= 4 is 80.9 Å². The summed E-state index contributed by atoms with van der Waals surface area (Å²) in [5, 5.41) is 0. The molecule has 0 fully saturated rings. The smallest absolute Gasteiger partial charge is 0.0659 e. The molecule has 0 atom stereocenters. The van der Waals surface area contributed by atoms with Crippen molar-refractivity contribution in [2.75, 3.05) is 0 Å². The fourth-order valence-electron chi connectivity index (χ4n) is 1.84. The molecule has 0 amide bonds. The normalized spacial score (nSPS) is 11.9. The van der Waals surface area contributed by atoms with Crippen LogP contribution in [0.1, 0.15) is 24.4 Å². The second-order valence-electron chi connectivity index (χ2n) is 4.50. The van der Waals surface area contributed by atoms with Crippen molar-refractivity contribution < 1.29 is 0 Å². The van der Waals surface area contributed by atoms with Crippen LogP contribution in [0.5, 0.6) is 0 Å². The van der Waals surface area contributed by atoms with E-state index in [0.29, 0.717) is 0 Å². The van der Waals surface area contributed by atoms with E-state index < -0.39 is 0 Å². The quantitative estimate of drug-likeness (QED) is 0.379. The van der Waals surface area contributed by atoms with Crippen LogP contribution in [0, 0.1) is 9.81 Å². The Morgan fingerprint density at radius 3 is 1.62 bits per heavy atom. The molecule has 3 rings (SSSR count). The Bertz CT molecular complexity index is 722. The van der Waals surface area contributed by atoms with Crippen LogP contribution in [0.4, 0.5) is 0 Å². The van der Waals surface area contributed by atoms with Crippen LogP contribution in [0.2, 0.25) is 0 Å². The van der Waals surface area contributed by atoms with Crippen molar-refractivity contribution in [2.24, 2.45) is 0 Å². The van der Waals surface area contributed by atoms with Crippen molar-refractivity contribution in [3.63, 3.8) is 0 Å². The van der Waals surface area contributed by atoms with E-state index in [9.17, 15) is 0 Å². The third kappa shape index (κ3) is 4.39. The average molecular weight is 440 g/mol. The van der Waals surface area contributed by atoms with Gasteiger partial charge in [0.15, 0.2) is 0 Å². The molecule has 0 aliphatic carbocycles. The highest BCUT2D eigenvalue weighted by Gasteiger charge is 1.97. The van der Waals surface area contributed by atoms with Gasteiger partial charge >= 0.3 is 0 Å². The highest BCUT2D eigenvalue weighted by Crippen LogP contribution is 2.25. The van der Waals surface area contributed by atoms with Crippen LogP contribution in [0.15, 0.2) is 36.4 Å². The summed E-state index contributed by atoms with van der Waals surface area (Å²) in [5.74, 6) is 0. The van der Waals surface area contributed by atoms with Crippen LogP contribution < -0.4 is 0 Å². The van der Waals surface area contributed by atoms with Crippen LogP contribution in [0.3, 0.4) is 0 Å². The van der Waals surface area contributed by atoms with Crippen LogP contribution in [0.25, 0.3) is 24.3 Å². The molecular weight excluding hydrogens is 427 g/mol. The molecular formula is C17H13IS3. The molecule has 0 radical (unpaired) electrons. The molecule has 0 N–H and O–H groups in total. The largest absolute Gasteiger partial charge is 0.141 e. The highest BCUT2D eigenvalue weighted by molar-refractivity contribution is 14.1. The predicted molar refractivity (Wildman–Crippen MR) is 108 cm³/mol. The lowest BCUT2D eigenvalue weighted by Gasteiger charge is -1.85. The maximum absolute atomic E-state index is 2.36. The third-order valence-corrected chi connectivity index (χ3v) is 6.67. The van der Waals surface area contributed by atoms with Gasteiger partial charge in [-0.15, -0.1) is 34.0 Å². The first-order valence-electron chi connectivity index (χ1n) is 6.47. The van der Waals surface area contributed by atoms with E-state index in [0.717, 1.165) is 0 Å². The Kier molecular flexibility index (Phi) is 5.11. The summed E-state index contributed by atoms with van der Waals surface area (Å²) in [5.41, 5.74) is 0. The Balaban J connectivity index is 1.68. The van der Waals surface area contributed by atoms with Gasteiger partial charge in [-0.2, -0.15) is 0 Å². The monoisotopic (exact) mass is 440 g/mol. The predicted octanol–water partition coefficient (Wildman–Crippen LogP) is 7.12. The van der Waals surface area contributed by atoms with E-state index in [2.05, 4.69) is 90.2 Å². The number of hydrogen-bond acceptors (Lipinski definition) is 3. The molecule has 3 heterocycles. The second-order valence-corrected chi connectivity index (χ2v) is 9.97. The maximum Gasteiger partial charge on any atom is 0.0659 e. The molecule has 3 aromatic heterocycles. The van der Waals surface area contributed by atoms with Gasteiger partial charge in [0.25, 0.3) is 0 Å². The lowest BCUT2D eigenvalue weighted by atomic mass is 10.3. The standard InChI is InChI=1S/C17H13IS3/c1-12-2-3-13(19-12)4-5-14-6-7-15(20-14)8-9-16-10-11-17(18)21-16/h2-11H,1H3/b5-4+,9-8+. The van der Waals surface area contributed by atoms with Gasteiger partial charge in [-0.05, 0) is 90.2 Å². The van der Waals surface area contributed by atoms with E-state index in [-0.39, 0.29) is 0 Å². The fraction of sp³-hybridized carbons (Fsp3) is 0.0588. The van der Waals surface area contributed by atoms with E-state index in [1.165, 1.54) is 27.3 Å². The number of halogens is 1. The van der Waals surface area contributed by atoms with Crippen LogP contribution in [-0.4, -0.2) is 0 Å². The molecule has 106 valence electrons. The molecule has 0 aromatic carbocycles. The average Bonchev–Trinajstić information content (AvgIpc) is 3.16. The Labute approximate surface area is 150 Å². The van der Waals surface area contributed by atoms with Crippen molar-refractivity contribution in [2.45, 2.75) is 6.92 Å². The molecule has 0 aliphatic heterocycles. The molecule has 3 aromatic rings. The summed E-state index contributed by atoms with van der Waals surface area (Å²) in [6, 6.07) is 13.0. The van der Waals surface area contributed by atoms with Crippen molar-refractivity contribution in [3.8, 4) is 0 Å². The van der Waals surface area contributed by atoms with Gasteiger partial charge in [-0.1, -0.05) is 0 Å². The third-order valence-electron chi connectivity index (χ3n) is 2.83. The molecule has 0 unspecified atom stereocenters. The van der Waals surface area contributed by atoms with Gasteiger partial charge in [0.05, 0.1) is 2.88 Å². The number of rotatable bonds is 4. The minimum Gasteiger partial charge on any atom is -0.141 e. The van der Waals surface area contributed by atoms with E-state index in [1.807, 2.05) is 34.0 Å². The number of hydrogen-bond donors (Lipinski definition) is 0. The summed E-state index contributed by atoms with van der Waals surface area (Å²) in [6.07, 6.45) is 8.77. The van der Waals surface area contributed by atoms with Gasteiger partial charge < -0.3 is 0 Å². The Hall–Kier alpha value is -0.690. The Morgan fingerprint density at radius 1 is 0.667 bits per heavy atom. The zero-order chi connectivity index (χ0) is 14.7. The topological polar surface area (TPSA) is 0 Å². The minimum absolute atomic E-state index is 1.29. The lowest BCUT2D eigenvalue weighted by Crippen LogP contribution is -1.58. The van der Waals surface area contributed by atoms with Gasteiger partial charge in [0.2, 0.25) is 0 Å². The molecule has 0 bridgehead atoms. The zero-order valence-corrected chi connectivity index (χ0v) is 16.0. The van der Waals surface area contributed by atoms with Crippen LogP contribution in [-0.2, 0) is 0 Å². The molecule has 0 nitrogen and oxygen atoms in total. The Morgan fingerprint density at radius 2 is 1.14 bits per heavy atom. The maximum atomic E-state index is 2.36. The van der Waals surface area contributed by atoms with Crippen molar-refractivity contribution in [1.29, 1.82) is 0 Å². The molecule has 4 heteroatoms. The van der Waals surface area contributed by atoms with E-state index in [1.54, 1.807) is 0 Å². The van der Waals surface area contributed by atoms with Crippen molar-refractivity contribution in [1.82, 2.24) is 0 Å². The van der Waals surface area contributed by atoms with E-state index in [4.69, 9.17) is 0 Å². The lowest BCUT2D eigenvalue weighted by molar-refractivity contribution is 1.64. The summed E-state index contributed by atoms with van der Waals surface area (Å²) < 4.78 is 1.33. The molecule has 0 spiro atoms. The van der Waals surface area contributed by atoms with E-state index >= 15 is 0 Å². The summed E-state index contributed by atoms with van der Waals surface area (Å²) in [4.78, 5) is 6.56. The number of aryl methyl sites for hydroxylation is 1. The first kappa shape index (κ1) is 15.2. The zero-order valence-electron chi connectivity index (χ0n) is 11.4. The van der Waals surface area contributed by atoms with Gasteiger partial charge in [0, 0.05) is 24.4 Å². The molecule has 0 saturated carbocycles.